The molecule has 1 saturated carbocycles. The molecule has 26 heavy (non-hydrogen) atoms. The van der Waals surface area contributed by atoms with Crippen molar-refractivity contribution in [2.45, 2.75) is 45.2 Å². The summed E-state index contributed by atoms with van der Waals surface area (Å²) >= 11 is 0. The van der Waals surface area contributed by atoms with E-state index in [0.717, 1.165) is 18.4 Å². The summed E-state index contributed by atoms with van der Waals surface area (Å²) in [6, 6.07) is 15.0. The minimum Gasteiger partial charge on any atom is -0.351 e. The first-order valence-electron chi connectivity index (χ1n) is 9.00. The van der Waals surface area contributed by atoms with Crippen molar-refractivity contribution in [1.29, 1.82) is 0 Å². The van der Waals surface area contributed by atoms with Gasteiger partial charge in [-0.05, 0) is 54.2 Å². The predicted molar refractivity (Wildman–Crippen MR) is 103 cm³/mol. The van der Waals surface area contributed by atoms with E-state index in [2.05, 4.69) is 43.4 Å². The molecule has 3 amide bonds. The van der Waals surface area contributed by atoms with E-state index in [-0.39, 0.29) is 5.91 Å². The summed E-state index contributed by atoms with van der Waals surface area (Å²) in [6.07, 6.45) is 2.11. The van der Waals surface area contributed by atoms with Crippen LogP contribution in [0.5, 0.6) is 0 Å². The Morgan fingerprint density at radius 3 is 2.19 bits per heavy atom. The normalized spacial score (nSPS) is 13.5. The number of carbonyl (C=O) groups excluding carboxylic acids is 2. The molecule has 0 spiro atoms. The zero-order valence-corrected chi connectivity index (χ0v) is 15.2. The van der Waals surface area contributed by atoms with Gasteiger partial charge in [-0.2, -0.15) is 0 Å². The lowest BCUT2D eigenvalue weighted by molar-refractivity contribution is 0.0730. The number of rotatable bonds is 6. The predicted octanol–water partition coefficient (Wildman–Crippen LogP) is 4.11. The average molecular weight is 351 g/mol. The van der Waals surface area contributed by atoms with E-state index < -0.39 is 6.03 Å². The van der Waals surface area contributed by atoms with Crippen LogP contribution in [-0.4, -0.2) is 22.9 Å². The second kappa shape index (κ2) is 7.60. The highest BCUT2D eigenvalue weighted by molar-refractivity contribution is 5.95. The molecule has 1 aliphatic rings. The number of carbonyl (C=O) groups is 2. The molecule has 0 saturated heterocycles. The number of nitrogens with zero attached hydrogens (tertiary/aromatic N) is 1. The van der Waals surface area contributed by atoms with Crippen LogP contribution in [0.25, 0.3) is 0 Å². The van der Waals surface area contributed by atoms with Gasteiger partial charge in [-0.3, -0.25) is 4.79 Å². The Morgan fingerprint density at radius 1 is 1.08 bits per heavy atom. The maximum Gasteiger partial charge on any atom is 0.316 e. The number of primary amides is 1. The van der Waals surface area contributed by atoms with Crippen molar-refractivity contribution in [3.05, 3.63) is 65.2 Å². The second-order valence-electron chi connectivity index (χ2n) is 7.13. The van der Waals surface area contributed by atoms with Gasteiger partial charge in [0.1, 0.15) is 0 Å². The fourth-order valence-electron chi connectivity index (χ4n) is 2.96. The molecular weight excluding hydrogens is 326 g/mol. The molecule has 2 aromatic rings. The van der Waals surface area contributed by atoms with Crippen LogP contribution in [0.2, 0.25) is 0 Å². The van der Waals surface area contributed by atoms with E-state index >= 15 is 0 Å². The van der Waals surface area contributed by atoms with Crippen LogP contribution in [0.1, 0.15) is 54.1 Å². The lowest BCUT2D eigenvalue weighted by Gasteiger charge is -2.23. The molecule has 0 aliphatic heterocycles. The van der Waals surface area contributed by atoms with Crippen LogP contribution in [0.15, 0.2) is 48.5 Å². The van der Waals surface area contributed by atoms with Crippen molar-refractivity contribution in [2.24, 2.45) is 5.73 Å². The highest BCUT2D eigenvalue weighted by atomic mass is 16.2. The maximum atomic E-state index is 13.0. The van der Waals surface area contributed by atoms with Crippen LogP contribution in [0.3, 0.4) is 0 Å². The largest absolute Gasteiger partial charge is 0.351 e. The molecule has 0 bridgehead atoms. The summed E-state index contributed by atoms with van der Waals surface area (Å²) in [7, 11) is 0. The van der Waals surface area contributed by atoms with Gasteiger partial charge in [-0.15, -0.1) is 0 Å². The molecule has 3 rings (SSSR count). The quantitative estimate of drug-likeness (QED) is 0.822. The Kier molecular flexibility index (Phi) is 5.26. The molecule has 136 valence electrons. The molecule has 0 heterocycles. The first kappa shape index (κ1) is 18.0. The third-order valence-corrected chi connectivity index (χ3v) is 4.65. The van der Waals surface area contributed by atoms with Crippen molar-refractivity contribution >= 4 is 17.6 Å². The Morgan fingerprint density at radius 2 is 1.69 bits per heavy atom. The summed E-state index contributed by atoms with van der Waals surface area (Å²) in [4.78, 5) is 25.8. The molecule has 2 aromatic carbocycles. The zero-order chi connectivity index (χ0) is 18.7. The fraction of sp³-hybridized carbons (Fsp3) is 0.333. The topological polar surface area (TPSA) is 75.4 Å². The van der Waals surface area contributed by atoms with E-state index in [4.69, 9.17) is 5.73 Å². The van der Waals surface area contributed by atoms with Crippen molar-refractivity contribution in [2.75, 3.05) is 5.32 Å². The summed E-state index contributed by atoms with van der Waals surface area (Å²) in [5.74, 6) is 0.517. The Labute approximate surface area is 154 Å². The number of hydrogen-bond donors (Lipinski definition) is 2. The number of hydrogen-bond acceptors (Lipinski definition) is 2. The Balaban J connectivity index is 1.73. The van der Waals surface area contributed by atoms with Crippen LogP contribution in [-0.2, 0) is 6.54 Å². The lowest BCUT2D eigenvalue weighted by Crippen LogP contribution is -2.32. The number of benzene rings is 2. The van der Waals surface area contributed by atoms with Gasteiger partial charge in [-0.25, -0.2) is 4.79 Å². The SMILES string of the molecule is CC(C)c1ccc(CN(C(=O)c2ccc(NC(N)=O)cc2)C2CC2)cc1. The third kappa shape index (κ3) is 4.42. The van der Waals surface area contributed by atoms with Crippen molar-refractivity contribution in [1.82, 2.24) is 4.90 Å². The molecule has 0 aromatic heterocycles. The van der Waals surface area contributed by atoms with Gasteiger partial charge in [0.15, 0.2) is 0 Å². The van der Waals surface area contributed by atoms with Gasteiger partial charge in [0.05, 0.1) is 0 Å². The Bertz CT molecular complexity index is 778. The van der Waals surface area contributed by atoms with Gasteiger partial charge < -0.3 is 16.0 Å². The average Bonchev–Trinajstić information content (AvgIpc) is 3.44. The molecule has 5 heteroatoms. The van der Waals surface area contributed by atoms with Crippen LogP contribution in [0.4, 0.5) is 10.5 Å². The number of nitrogens with two attached hydrogens (primary N) is 1. The molecule has 0 unspecified atom stereocenters. The van der Waals surface area contributed by atoms with Gasteiger partial charge in [-0.1, -0.05) is 38.1 Å². The van der Waals surface area contributed by atoms with Crippen LogP contribution in [0, 0.1) is 0 Å². The standard InChI is InChI=1S/C21H25N3O2/c1-14(2)16-5-3-15(4-6-16)13-24(19-11-12-19)20(25)17-7-9-18(10-8-17)23-21(22)26/h3-10,14,19H,11-13H2,1-2H3,(H3,22,23,26). The van der Waals surface area contributed by atoms with E-state index in [1.54, 1.807) is 24.3 Å². The monoisotopic (exact) mass is 351 g/mol. The van der Waals surface area contributed by atoms with E-state index in [1.165, 1.54) is 5.56 Å². The van der Waals surface area contributed by atoms with Gasteiger partial charge in [0.2, 0.25) is 0 Å². The molecule has 1 aliphatic carbocycles. The van der Waals surface area contributed by atoms with Crippen molar-refractivity contribution in [3.8, 4) is 0 Å². The highest BCUT2D eigenvalue weighted by Crippen LogP contribution is 2.30. The third-order valence-electron chi connectivity index (χ3n) is 4.65. The number of urea groups is 1. The Hall–Kier alpha value is -2.82. The highest BCUT2D eigenvalue weighted by Gasteiger charge is 2.33. The van der Waals surface area contributed by atoms with Crippen LogP contribution < -0.4 is 11.1 Å². The van der Waals surface area contributed by atoms with E-state index in [0.29, 0.717) is 29.8 Å². The first-order valence-corrected chi connectivity index (χ1v) is 9.00. The fourth-order valence-corrected chi connectivity index (χ4v) is 2.96. The van der Waals surface area contributed by atoms with E-state index in [1.807, 2.05) is 4.90 Å². The van der Waals surface area contributed by atoms with Crippen LogP contribution >= 0.6 is 0 Å². The molecule has 0 radical (unpaired) electrons. The van der Waals surface area contributed by atoms with Gasteiger partial charge >= 0.3 is 6.03 Å². The maximum absolute atomic E-state index is 13.0. The summed E-state index contributed by atoms with van der Waals surface area (Å²) in [5.41, 5.74) is 8.75. The molecular formula is C21H25N3O2. The number of amides is 3. The minimum atomic E-state index is -0.617. The molecule has 0 atom stereocenters. The summed E-state index contributed by atoms with van der Waals surface area (Å²) in [5, 5.41) is 2.50. The molecule has 1 fully saturated rings. The van der Waals surface area contributed by atoms with Gasteiger partial charge in [0.25, 0.3) is 5.91 Å². The number of anilines is 1. The van der Waals surface area contributed by atoms with Crippen molar-refractivity contribution < 1.29 is 9.59 Å². The van der Waals surface area contributed by atoms with E-state index in [9.17, 15) is 9.59 Å². The minimum absolute atomic E-state index is 0.0195. The zero-order valence-electron chi connectivity index (χ0n) is 15.2. The summed E-state index contributed by atoms with van der Waals surface area (Å²) < 4.78 is 0. The molecule has 3 N–H and O–H groups in total. The number of nitrogens with one attached hydrogen (secondary N) is 1. The smallest absolute Gasteiger partial charge is 0.316 e. The second-order valence-corrected chi connectivity index (χ2v) is 7.13. The summed E-state index contributed by atoms with van der Waals surface area (Å²) in [6.45, 7) is 4.96. The molecule has 5 nitrogen and oxygen atoms in total. The van der Waals surface area contributed by atoms with Crippen molar-refractivity contribution in [3.63, 3.8) is 0 Å². The lowest BCUT2D eigenvalue weighted by atomic mass is 10.0. The first-order chi connectivity index (χ1) is 12.4. The van der Waals surface area contributed by atoms with Gasteiger partial charge in [0, 0.05) is 23.8 Å².